The van der Waals surface area contributed by atoms with Crippen LogP contribution in [-0.4, -0.2) is 40.9 Å². The Morgan fingerprint density at radius 3 is 2.34 bits per heavy atom. The normalized spacial score (nSPS) is 12.3. The van der Waals surface area contributed by atoms with Crippen molar-refractivity contribution in [1.82, 2.24) is 14.8 Å². The molecule has 0 spiro atoms. The van der Waals surface area contributed by atoms with Crippen molar-refractivity contribution in [2.45, 2.75) is 53.1 Å². The third-order valence-electron chi connectivity index (χ3n) is 4.60. The average molecular weight is 418 g/mol. The van der Waals surface area contributed by atoms with Crippen molar-refractivity contribution in [1.29, 1.82) is 0 Å². The van der Waals surface area contributed by atoms with Crippen molar-refractivity contribution < 1.29 is 9.59 Å². The lowest BCUT2D eigenvalue weighted by Gasteiger charge is -2.21. The van der Waals surface area contributed by atoms with Crippen molar-refractivity contribution in [3.05, 3.63) is 56.1 Å². The van der Waals surface area contributed by atoms with Gasteiger partial charge in [-0.1, -0.05) is 13.8 Å². The number of pyridine rings is 1. The number of thiophene rings is 1. The van der Waals surface area contributed by atoms with Gasteiger partial charge in [-0.15, -0.1) is 0 Å². The van der Waals surface area contributed by atoms with E-state index in [4.69, 9.17) is 0 Å². The first-order valence-corrected chi connectivity index (χ1v) is 10.9. The lowest BCUT2D eigenvalue weighted by atomic mass is 10.1. The van der Waals surface area contributed by atoms with Gasteiger partial charge in [0.05, 0.1) is 0 Å². The molecule has 7 heteroatoms. The first-order chi connectivity index (χ1) is 13.6. The van der Waals surface area contributed by atoms with Crippen molar-refractivity contribution >= 4 is 23.2 Å². The summed E-state index contributed by atoms with van der Waals surface area (Å²) < 4.78 is 1.75. The lowest BCUT2D eigenvalue weighted by molar-refractivity contribution is 0.0777. The van der Waals surface area contributed by atoms with E-state index in [0.717, 1.165) is 5.56 Å². The van der Waals surface area contributed by atoms with Crippen molar-refractivity contribution in [2.24, 2.45) is 5.92 Å². The van der Waals surface area contributed by atoms with E-state index in [1.54, 1.807) is 35.3 Å². The van der Waals surface area contributed by atoms with Crippen molar-refractivity contribution in [2.75, 3.05) is 13.6 Å². The molecular formula is C22H31N3O3S. The lowest BCUT2D eigenvalue weighted by Crippen LogP contribution is -2.40. The molecule has 2 aromatic rings. The molecule has 158 valence electrons. The third kappa shape index (κ3) is 6.03. The van der Waals surface area contributed by atoms with E-state index in [1.165, 1.54) is 4.90 Å². The number of nitrogens with one attached hydrogen (secondary N) is 1. The fourth-order valence-corrected chi connectivity index (χ4v) is 3.84. The Morgan fingerprint density at radius 2 is 1.79 bits per heavy atom. The van der Waals surface area contributed by atoms with E-state index in [-0.39, 0.29) is 35.0 Å². The van der Waals surface area contributed by atoms with Gasteiger partial charge in [0.2, 0.25) is 5.43 Å². The molecule has 0 bridgehead atoms. The molecule has 0 aliphatic carbocycles. The molecule has 0 saturated heterocycles. The minimum atomic E-state index is -0.525. The van der Waals surface area contributed by atoms with E-state index in [1.807, 2.05) is 51.4 Å². The molecule has 29 heavy (non-hydrogen) atoms. The van der Waals surface area contributed by atoms with Gasteiger partial charge >= 0.3 is 0 Å². The molecule has 2 heterocycles. The zero-order valence-corrected chi connectivity index (χ0v) is 18.9. The van der Waals surface area contributed by atoms with Crippen LogP contribution in [0.25, 0.3) is 0 Å². The van der Waals surface area contributed by atoms with Crippen LogP contribution in [0, 0.1) is 5.92 Å². The summed E-state index contributed by atoms with van der Waals surface area (Å²) >= 11 is 1.61. The minimum absolute atomic E-state index is 0.000310. The SMILES string of the molecule is CC(C)CN(C)C(=O)c1cn(C(C)C)cc(C(=O)NC(C)Cc2ccsc2)c1=O. The Bertz CT molecular complexity index is 901. The van der Waals surface area contributed by atoms with Gasteiger partial charge in [-0.05, 0) is 55.5 Å². The molecule has 0 saturated carbocycles. The zero-order chi connectivity index (χ0) is 21.7. The molecule has 0 aliphatic rings. The average Bonchev–Trinajstić information content (AvgIpc) is 3.13. The van der Waals surface area contributed by atoms with Gasteiger partial charge in [-0.25, -0.2) is 0 Å². The Labute approximate surface area is 176 Å². The number of amides is 2. The van der Waals surface area contributed by atoms with Crippen molar-refractivity contribution in [3.8, 4) is 0 Å². The van der Waals surface area contributed by atoms with E-state index < -0.39 is 11.3 Å². The molecule has 1 N–H and O–H groups in total. The second-order valence-electron chi connectivity index (χ2n) is 8.25. The van der Waals surface area contributed by atoms with Crippen molar-refractivity contribution in [3.63, 3.8) is 0 Å². The summed E-state index contributed by atoms with van der Waals surface area (Å²) in [5, 5.41) is 6.93. The number of nitrogens with zero attached hydrogens (tertiary/aromatic N) is 2. The fourth-order valence-electron chi connectivity index (χ4n) is 3.16. The van der Waals surface area contributed by atoms with Crippen LogP contribution < -0.4 is 10.7 Å². The summed E-state index contributed by atoms with van der Waals surface area (Å²) in [4.78, 5) is 40.3. The maximum Gasteiger partial charge on any atom is 0.259 e. The smallest absolute Gasteiger partial charge is 0.259 e. The molecular weight excluding hydrogens is 386 g/mol. The number of carbonyl (C=O) groups is 2. The fraction of sp³-hybridized carbons (Fsp3) is 0.500. The highest BCUT2D eigenvalue weighted by molar-refractivity contribution is 7.07. The molecule has 1 atom stereocenters. The van der Waals surface area contributed by atoms with Gasteiger partial charge in [-0.3, -0.25) is 14.4 Å². The highest BCUT2D eigenvalue weighted by atomic mass is 32.1. The standard InChI is InChI=1S/C22H31N3O3S/c1-14(2)10-24(6)22(28)19-12-25(15(3)4)11-18(20(19)26)21(27)23-16(5)9-17-7-8-29-13-17/h7-8,11-16H,9-10H2,1-6H3,(H,23,27). The predicted molar refractivity (Wildman–Crippen MR) is 118 cm³/mol. The van der Waals surface area contributed by atoms with Crippen LogP contribution in [0.3, 0.4) is 0 Å². The number of aromatic nitrogens is 1. The van der Waals surface area contributed by atoms with E-state index in [2.05, 4.69) is 5.32 Å². The van der Waals surface area contributed by atoms with Crippen LogP contribution in [0.1, 0.15) is 66.9 Å². The van der Waals surface area contributed by atoms with Gasteiger partial charge < -0.3 is 14.8 Å². The summed E-state index contributed by atoms with van der Waals surface area (Å²) in [7, 11) is 1.68. The maximum atomic E-state index is 13.0. The molecule has 0 aliphatic heterocycles. The van der Waals surface area contributed by atoms with E-state index >= 15 is 0 Å². The van der Waals surface area contributed by atoms with Gasteiger partial charge in [0.1, 0.15) is 11.1 Å². The minimum Gasteiger partial charge on any atom is -0.350 e. The second-order valence-corrected chi connectivity index (χ2v) is 9.03. The molecule has 2 amide bonds. The predicted octanol–water partition coefficient (Wildman–Crippen LogP) is 3.58. The molecule has 0 fully saturated rings. The summed E-state index contributed by atoms with van der Waals surface area (Å²) in [6.45, 7) is 10.3. The van der Waals surface area contributed by atoms with Gasteiger partial charge in [-0.2, -0.15) is 11.3 Å². The van der Waals surface area contributed by atoms with Crippen LogP contribution in [0.4, 0.5) is 0 Å². The largest absolute Gasteiger partial charge is 0.350 e. The zero-order valence-electron chi connectivity index (χ0n) is 18.1. The highest BCUT2D eigenvalue weighted by Gasteiger charge is 2.23. The molecule has 6 nitrogen and oxygen atoms in total. The topological polar surface area (TPSA) is 71.4 Å². The Kier molecular flexibility index (Phi) is 7.79. The quantitative estimate of drug-likeness (QED) is 0.714. The van der Waals surface area contributed by atoms with Crippen LogP contribution in [0.2, 0.25) is 0 Å². The highest BCUT2D eigenvalue weighted by Crippen LogP contribution is 2.11. The number of hydrogen-bond acceptors (Lipinski definition) is 4. The van der Waals surface area contributed by atoms with Gasteiger partial charge in [0.15, 0.2) is 0 Å². The Balaban J connectivity index is 2.32. The van der Waals surface area contributed by atoms with Crippen LogP contribution in [0.5, 0.6) is 0 Å². The molecule has 0 aromatic carbocycles. The van der Waals surface area contributed by atoms with Crippen LogP contribution in [0.15, 0.2) is 34.0 Å². The first-order valence-electron chi connectivity index (χ1n) is 9.93. The molecule has 0 radical (unpaired) electrons. The first kappa shape index (κ1) is 22.9. The summed E-state index contributed by atoms with van der Waals surface area (Å²) in [6.07, 6.45) is 3.78. The van der Waals surface area contributed by atoms with E-state index in [9.17, 15) is 14.4 Å². The third-order valence-corrected chi connectivity index (χ3v) is 5.33. The monoisotopic (exact) mass is 417 g/mol. The molecule has 2 aromatic heterocycles. The van der Waals surface area contributed by atoms with Crippen LogP contribution in [-0.2, 0) is 6.42 Å². The van der Waals surface area contributed by atoms with Gasteiger partial charge in [0.25, 0.3) is 11.8 Å². The molecule has 1 unspecified atom stereocenters. The van der Waals surface area contributed by atoms with E-state index in [0.29, 0.717) is 13.0 Å². The van der Waals surface area contributed by atoms with Crippen LogP contribution >= 0.6 is 11.3 Å². The number of hydrogen-bond donors (Lipinski definition) is 1. The summed E-state index contributed by atoms with van der Waals surface area (Å²) in [5.74, 6) is -0.534. The summed E-state index contributed by atoms with van der Waals surface area (Å²) in [5.41, 5.74) is 0.643. The van der Waals surface area contributed by atoms with Gasteiger partial charge in [0, 0.05) is 38.1 Å². The Hall–Kier alpha value is -2.41. The molecule has 2 rings (SSSR count). The Morgan fingerprint density at radius 1 is 1.14 bits per heavy atom. The summed E-state index contributed by atoms with van der Waals surface area (Å²) in [6, 6.07) is 1.89. The second kappa shape index (κ2) is 9.87. The number of rotatable bonds is 8. The number of carbonyl (C=O) groups excluding carboxylic acids is 2. The maximum absolute atomic E-state index is 13.0.